The van der Waals surface area contributed by atoms with E-state index in [1.165, 1.54) is 12.0 Å². The second-order valence-corrected chi connectivity index (χ2v) is 6.51. The zero-order valence-electron chi connectivity index (χ0n) is 13.4. The van der Waals surface area contributed by atoms with Gasteiger partial charge in [-0.1, -0.05) is 12.1 Å². The van der Waals surface area contributed by atoms with Crippen LogP contribution in [0.2, 0.25) is 0 Å². The van der Waals surface area contributed by atoms with Crippen molar-refractivity contribution in [1.82, 2.24) is 4.90 Å². The average molecular weight is 305 g/mol. The standard InChI is InChI=1S/C18H27NO3/c1-14-4-2-5-15(12-14)22-11-9-19-8-3-6-17(19)16-13-21-10-7-18(16)20/h2,4-5,12,16-18,20H,3,6-11,13H2,1H3. The molecule has 3 atom stereocenters. The van der Waals surface area contributed by atoms with E-state index in [9.17, 15) is 5.11 Å². The number of nitrogens with zero attached hydrogens (tertiary/aromatic N) is 1. The molecule has 1 aromatic carbocycles. The Morgan fingerprint density at radius 3 is 3.09 bits per heavy atom. The molecule has 2 fully saturated rings. The van der Waals surface area contributed by atoms with Crippen molar-refractivity contribution in [2.75, 3.05) is 32.9 Å². The quantitative estimate of drug-likeness (QED) is 0.906. The fourth-order valence-electron chi connectivity index (χ4n) is 3.72. The van der Waals surface area contributed by atoms with Crippen molar-refractivity contribution in [1.29, 1.82) is 0 Å². The maximum atomic E-state index is 10.2. The summed E-state index contributed by atoms with van der Waals surface area (Å²) in [6, 6.07) is 8.62. The SMILES string of the molecule is Cc1cccc(OCCN2CCCC2C2COCCC2O)c1. The molecule has 2 aliphatic heterocycles. The molecule has 3 rings (SSSR count). The van der Waals surface area contributed by atoms with Crippen LogP contribution in [0.15, 0.2) is 24.3 Å². The van der Waals surface area contributed by atoms with Crippen molar-refractivity contribution in [2.45, 2.75) is 38.3 Å². The predicted octanol–water partition coefficient (Wildman–Crippen LogP) is 2.24. The van der Waals surface area contributed by atoms with E-state index >= 15 is 0 Å². The van der Waals surface area contributed by atoms with Gasteiger partial charge in [-0.05, 0) is 50.4 Å². The Hall–Kier alpha value is -1.10. The molecule has 0 spiro atoms. The first-order valence-electron chi connectivity index (χ1n) is 8.43. The minimum absolute atomic E-state index is 0.211. The summed E-state index contributed by atoms with van der Waals surface area (Å²) in [6.07, 6.45) is 2.93. The highest BCUT2D eigenvalue weighted by molar-refractivity contribution is 5.27. The largest absolute Gasteiger partial charge is 0.492 e. The van der Waals surface area contributed by atoms with Crippen LogP contribution in [0.4, 0.5) is 0 Å². The van der Waals surface area contributed by atoms with Crippen LogP contribution in [-0.2, 0) is 4.74 Å². The Bertz CT molecular complexity index is 479. The van der Waals surface area contributed by atoms with E-state index in [0.717, 1.165) is 31.7 Å². The number of likely N-dealkylation sites (tertiary alicyclic amines) is 1. The first-order valence-corrected chi connectivity index (χ1v) is 8.43. The average Bonchev–Trinajstić information content (AvgIpc) is 2.96. The molecule has 0 aliphatic carbocycles. The maximum absolute atomic E-state index is 10.2. The van der Waals surface area contributed by atoms with Gasteiger partial charge in [0.15, 0.2) is 0 Å². The second kappa shape index (κ2) is 7.44. The van der Waals surface area contributed by atoms with Gasteiger partial charge >= 0.3 is 0 Å². The first-order chi connectivity index (χ1) is 10.7. The molecule has 4 heteroatoms. The fraction of sp³-hybridized carbons (Fsp3) is 0.667. The van der Waals surface area contributed by atoms with E-state index in [0.29, 0.717) is 25.9 Å². The maximum Gasteiger partial charge on any atom is 0.119 e. The summed E-state index contributed by atoms with van der Waals surface area (Å²) in [4.78, 5) is 2.47. The molecule has 0 saturated carbocycles. The van der Waals surface area contributed by atoms with Crippen molar-refractivity contribution >= 4 is 0 Å². The minimum atomic E-state index is -0.211. The van der Waals surface area contributed by atoms with Gasteiger partial charge in [-0.15, -0.1) is 0 Å². The Morgan fingerprint density at radius 1 is 1.36 bits per heavy atom. The summed E-state index contributed by atoms with van der Waals surface area (Å²) < 4.78 is 11.5. The fourth-order valence-corrected chi connectivity index (χ4v) is 3.72. The van der Waals surface area contributed by atoms with Gasteiger partial charge in [0.05, 0.1) is 12.7 Å². The molecule has 1 aromatic rings. The Balaban J connectivity index is 1.50. The third-order valence-electron chi connectivity index (χ3n) is 4.91. The number of aliphatic hydroxyl groups excluding tert-OH is 1. The molecule has 1 N–H and O–H groups in total. The molecule has 0 aromatic heterocycles. The molecule has 122 valence electrons. The van der Waals surface area contributed by atoms with Crippen LogP contribution in [-0.4, -0.2) is 55.1 Å². The Morgan fingerprint density at radius 2 is 2.27 bits per heavy atom. The van der Waals surface area contributed by atoms with E-state index in [1.54, 1.807) is 0 Å². The lowest BCUT2D eigenvalue weighted by Gasteiger charge is -2.37. The lowest BCUT2D eigenvalue weighted by molar-refractivity contribution is -0.0634. The third-order valence-corrected chi connectivity index (χ3v) is 4.91. The number of hydrogen-bond donors (Lipinski definition) is 1. The molecule has 3 unspecified atom stereocenters. The Kier molecular flexibility index (Phi) is 5.34. The van der Waals surface area contributed by atoms with Gasteiger partial charge in [-0.25, -0.2) is 0 Å². The summed E-state index contributed by atoms with van der Waals surface area (Å²) >= 11 is 0. The Labute approximate surface area is 133 Å². The number of aliphatic hydroxyl groups is 1. The number of benzene rings is 1. The molecule has 0 radical (unpaired) electrons. The van der Waals surface area contributed by atoms with Crippen LogP contribution in [0, 0.1) is 12.8 Å². The van der Waals surface area contributed by atoms with Crippen molar-refractivity contribution < 1.29 is 14.6 Å². The monoisotopic (exact) mass is 305 g/mol. The topological polar surface area (TPSA) is 41.9 Å². The summed E-state index contributed by atoms with van der Waals surface area (Å²) in [7, 11) is 0. The number of rotatable bonds is 5. The molecular formula is C18H27NO3. The van der Waals surface area contributed by atoms with Crippen molar-refractivity contribution in [3.63, 3.8) is 0 Å². The summed E-state index contributed by atoms with van der Waals surface area (Å²) in [5, 5.41) is 10.2. The van der Waals surface area contributed by atoms with Crippen molar-refractivity contribution in [2.24, 2.45) is 5.92 Å². The zero-order valence-corrected chi connectivity index (χ0v) is 13.4. The highest BCUT2D eigenvalue weighted by Crippen LogP contribution is 2.29. The van der Waals surface area contributed by atoms with Crippen molar-refractivity contribution in [3.8, 4) is 5.75 Å². The van der Waals surface area contributed by atoms with Gasteiger partial charge in [-0.3, -0.25) is 4.90 Å². The highest BCUT2D eigenvalue weighted by Gasteiger charge is 2.37. The minimum Gasteiger partial charge on any atom is -0.492 e. The number of ether oxygens (including phenoxy) is 2. The molecule has 2 aliphatic rings. The smallest absolute Gasteiger partial charge is 0.119 e. The van der Waals surface area contributed by atoms with Gasteiger partial charge < -0.3 is 14.6 Å². The molecule has 0 bridgehead atoms. The lowest BCUT2D eigenvalue weighted by atomic mass is 9.89. The van der Waals surface area contributed by atoms with Crippen LogP contribution in [0.5, 0.6) is 5.75 Å². The van der Waals surface area contributed by atoms with E-state index in [-0.39, 0.29) is 12.0 Å². The van der Waals surface area contributed by atoms with E-state index in [4.69, 9.17) is 9.47 Å². The second-order valence-electron chi connectivity index (χ2n) is 6.51. The van der Waals surface area contributed by atoms with Crippen LogP contribution < -0.4 is 4.74 Å². The molecule has 0 amide bonds. The normalized spacial score (nSPS) is 29.6. The lowest BCUT2D eigenvalue weighted by Crippen LogP contribution is -2.47. The summed E-state index contributed by atoms with van der Waals surface area (Å²) in [5.74, 6) is 1.20. The van der Waals surface area contributed by atoms with E-state index in [2.05, 4.69) is 24.0 Å². The summed E-state index contributed by atoms with van der Waals surface area (Å²) in [5.41, 5.74) is 1.22. The summed E-state index contributed by atoms with van der Waals surface area (Å²) in [6.45, 7) is 6.19. The van der Waals surface area contributed by atoms with Gasteiger partial charge in [0.2, 0.25) is 0 Å². The van der Waals surface area contributed by atoms with Crippen LogP contribution in [0.25, 0.3) is 0 Å². The molecule has 2 heterocycles. The molecular weight excluding hydrogens is 278 g/mol. The number of aryl methyl sites for hydroxylation is 1. The van der Waals surface area contributed by atoms with E-state index in [1.807, 2.05) is 12.1 Å². The molecule has 2 saturated heterocycles. The van der Waals surface area contributed by atoms with Crippen LogP contribution >= 0.6 is 0 Å². The third kappa shape index (κ3) is 3.80. The first kappa shape index (κ1) is 15.8. The van der Waals surface area contributed by atoms with Crippen LogP contribution in [0.1, 0.15) is 24.8 Å². The number of hydrogen-bond acceptors (Lipinski definition) is 4. The zero-order chi connectivity index (χ0) is 15.4. The molecule has 22 heavy (non-hydrogen) atoms. The molecule has 4 nitrogen and oxygen atoms in total. The van der Waals surface area contributed by atoms with Crippen molar-refractivity contribution in [3.05, 3.63) is 29.8 Å². The van der Waals surface area contributed by atoms with Gasteiger partial charge in [0.1, 0.15) is 12.4 Å². The van der Waals surface area contributed by atoms with Gasteiger partial charge in [-0.2, -0.15) is 0 Å². The predicted molar refractivity (Wildman–Crippen MR) is 86.2 cm³/mol. The highest BCUT2D eigenvalue weighted by atomic mass is 16.5. The van der Waals surface area contributed by atoms with Gasteiger partial charge in [0.25, 0.3) is 0 Å². The van der Waals surface area contributed by atoms with E-state index < -0.39 is 0 Å². The van der Waals surface area contributed by atoms with Gasteiger partial charge in [0, 0.05) is 25.1 Å². The van der Waals surface area contributed by atoms with Crippen LogP contribution in [0.3, 0.4) is 0 Å².